The van der Waals surface area contributed by atoms with Gasteiger partial charge in [-0.25, -0.2) is 9.97 Å². The molecule has 1 aliphatic carbocycles. The fourth-order valence-electron chi connectivity index (χ4n) is 3.89. The van der Waals surface area contributed by atoms with Gasteiger partial charge < -0.3 is 14.4 Å². The van der Waals surface area contributed by atoms with Gasteiger partial charge >= 0.3 is 6.61 Å². The number of morpholine rings is 1. The van der Waals surface area contributed by atoms with Crippen molar-refractivity contribution < 1.29 is 18.3 Å². The minimum atomic E-state index is -2.83. The second-order valence-corrected chi connectivity index (χ2v) is 6.98. The lowest BCUT2D eigenvalue weighted by Gasteiger charge is -2.36. The van der Waals surface area contributed by atoms with Gasteiger partial charge in [-0.3, -0.25) is 0 Å². The first-order chi connectivity index (χ1) is 13.1. The van der Waals surface area contributed by atoms with Crippen molar-refractivity contribution in [1.29, 1.82) is 0 Å². The monoisotopic (exact) mass is 375 g/mol. The minimum absolute atomic E-state index is 0.151. The van der Waals surface area contributed by atoms with E-state index in [1.807, 2.05) is 13.0 Å². The van der Waals surface area contributed by atoms with E-state index in [-0.39, 0.29) is 11.9 Å². The van der Waals surface area contributed by atoms with E-state index < -0.39 is 6.61 Å². The standard InChI is InChI=1S/C20H23F2N3O2/c1-13-23-17-8-3-2-7-16(17)19(24-13)25-9-10-26-18(12-25)14-5-4-6-15(11-14)27-20(21)22/h4-6,11,18,20H,2-3,7-10,12H2,1H3. The molecule has 1 atom stereocenters. The molecular weight excluding hydrogens is 352 g/mol. The topological polar surface area (TPSA) is 47.5 Å². The number of hydrogen-bond acceptors (Lipinski definition) is 5. The number of alkyl halides is 2. The molecule has 2 aromatic rings. The number of benzene rings is 1. The SMILES string of the molecule is Cc1nc2c(c(N3CCOC(c4cccc(OC(F)F)c4)C3)n1)CCCC2. The van der Waals surface area contributed by atoms with Crippen LogP contribution in [0.15, 0.2) is 24.3 Å². The Morgan fingerprint density at radius 2 is 2.07 bits per heavy atom. The van der Waals surface area contributed by atoms with Gasteiger partial charge in [0.25, 0.3) is 0 Å². The fourth-order valence-corrected chi connectivity index (χ4v) is 3.89. The van der Waals surface area contributed by atoms with E-state index in [2.05, 4.69) is 14.6 Å². The van der Waals surface area contributed by atoms with Crippen molar-refractivity contribution in [2.45, 2.75) is 45.3 Å². The quantitative estimate of drug-likeness (QED) is 0.813. The Kier molecular flexibility index (Phi) is 5.20. The number of rotatable bonds is 4. The Morgan fingerprint density at radius 1 is 1.22 bits per heavy atom. The van der Waals surface area contributed by atoms with Crippen LogP contribution in [0.25, 0.3) is 0 Å². The molecule has 144 valence electrons. The van der Waals surface area contributed by atoms with E-state index in [9.17, 15) is 8.78 Å². The van der Waals surface area contributed by atoms with Crippen molar-refractivity contribution in [3.63, 3.8) is 0 Å². The zero-order chi connectivity index (χ0) is 18.8. The summed E-state index contributed by atoms with van der Waals surface area (Å²) in [7, 11) is 0. The van der Waals surface area contributed by atoms with Crippen LogP contribution in [0.2, 0.25) is 0 Å². The first-order valence-electron chi connectivity index (χ1n) is 9.38. The number of ether oxygens (including phenoxy) is 2. The number of aryl methyl sites for hydroxylation is 2. The summed E-state index contributed by atoms with van der Waals surface area (Å²) in [6.07, 6.45) is 4.13. The number of fused-ring (bicyclic) bond motifs is 1. The summed E-state index contributed by atoms with van der Waals surface area (Å²) in [5.74, 6) is 1.95. The van der Waals surface area contributed by atoms with E-state index in [1.54, 1.807) is 12.1 Å². The maximum absolute atomic E-state index is 12.5. The zero-order valence-electron chi connectivity index (χ0n) is 15.3. The predicted octanol–water partition coefficient (Wildman–Crippen LogP) is 3.84. The van der Waals surface area contributed by atoms with E-state index in [0.29, 0.717) is 13.2 Å². The minimum Gasteiger partial charge on any atom is -0.435 e. The van der Waals surface area contributed by atoms with Crippen molar-refractivity contribution >= 4 is 5.82 Å². The van der Waals surface area contributed by atoms with Crippen LogP contribution in [-0.2, 0) is 17.6 Å². The molecular formula is C20H23F2N3O2. The van der Waals surface area contributed by atoms with Crippen LogP contribution in [-0.4, -0.2) is 36.3 Å². The lowest BCUT2D eigenvalue weighted by atomic mass is 9.95. The van der Waals surface area contributed by atoms with Crippen molar-refractivity contribution in [2.75, 3.05) is 24.6 Å². The maximum atomic E-state index is 12.5. The summed E-state index contributed by atoms with van der Waals surface area (Å²) in [6.45, 7) is 1.04. The van der Waals surface area contributed by atoms with Crippen LogP contribution in [0.1, 0.15) is 41.6 Å². The van der Waals surface area contributed by atoms with E-state index in [4.69, 9.17) is 9.72 Å². The molecule has 1 aromatic heterocycles. The molecule has 1 aliphatic heterocycles. The van der Waals surface area contributed by atoms with E-state index in [1.165, 1.54) is 23.7 Å². The van der Waals surface area contributed by atoms with Crippen LogP contribution >= 0.6 is 0 Å². The summed E-state index contributed by atoms with van der Waals surface area (Å²) < 4.78 is 35.4. The number of anilines is 1. The van der Waals surface area contributed by atoms with Crippen LogP contribution < -0.4 is 9.64 Å². The van der Waals surface area contributed by atoms with Crippen molar-refractivity contribution in [3.05, 3.63) is 46.9 Å². The Balaban J connectivity index is 1.58. The predicted molar refractivity (Wildman–Crippen MR) is 97.4 cm³/mol. The number of hydrogen-bond donors (Lipinski definition) is 0. The molecule has 0 amide bonds. The van der Waals surface area contributed by atoms with Crippen molar-refractivity contribution in [3.8, 4) is 5.75 Å². The van der Waals surface area contributed by atoms with Crippen LogP contribution in [0.4, 0.5) is 14.6 Å². The van der Waals surface area contributed by atoms with Gasteiger partial charge in [-0.05, 0) is 50.3 Å². The van der Waals surface area contributed by atoms with Crippen molar-refractivity contribution in [2.24, 2.45) is 0 Å². The van der Waals surface area contributed by atoms with Gasteiger partial charge in [-0.2, -0.15) is 8.78 Å². The molecule has 0 bridgehead atoms. The molecule has 0 spiro atoms. The van der Waals surface area contributed by atoms with Gasteiger partial charge in [0.1, 0.15) is 23.5 Å². The van der Waals surface area contributed by atoms with Crippen LogP contribution in [0, 0.1) is 6.92 Å². The van der Waals surface area contributed by atoms with Crippen LogP contribution in [0.5, 0.6) is 5.75 Å². The first-order valence-corrected chi connectivity index (χ1v) is 9.38. The molecule has 2 aliphatic rings. The maximum Gasteiger partial charge on any atom is 0.387 e. The Hall–Kier alpha value is -2.28. The second-order valence-electron chi connectivity index (χ2n) is 6.98. The summed E-state index contributed by atoms with van der Waals surface area (Å²) in [4.78, 5) is 11.6. The third kappa shape index (κ3) is 4.03. The second kappa shape index (κ2) is 7.76. The molecule has 27 heavy (non-hydrogen) atoms. The Morgan fingerprint density at radius 3 is 2.93 bits per heavy atom. The molecule has 0 radical (unpaired) electrons. The molecule has 1 fully saturated rings. The van der Waals surface area contributed by atoms with Gasteiger partial charge in [-0.1, -0.05) is 12.1 Å². The number of halogens is 2. The summed E-state index contributed by atoms with van der Waals surface area (Å²) in [6, 6.07) is 6.75. The van der Waals surface area contributed by atoms with Gasteiger partial charge in [0.15, 0.2) is 0 Å². The average molecular weight is 375 g/mol. The molecule has 0 saturated carbocycles. The molecule has 1 saturated heterocycles. The smallest absolute Gasteiger partial charge is 0.387 e. The highest BCUT2D eigenvalue weighted by Crippen LogP contribution is 2.32. The first kappa shape index (κ1) is 18.1. The molecule has 0 N–H and O–H groups in total. The highest BCUT2D eigenvalue weighted by Gasteiger charge is 2.27. The summed E-state index contributed by atoms with van der Waals surface area (Å²) in [5, 5.41) is 0. The molecule has 1 unspecified atom stereocenters. The average Bonchev–Trinajstić information content (AvgIpc) is 2.67. The van der Waals surface area contributed by atoms with Crippen molar-refractivity contribution in [1.82, 2.24) is 9.97 Å². The third-order valence-electron chi connectivity index (χ3n) is 5.09. The van der Waals surface area contributed by atoms with E-state index in [0.717, 1.165) is 43.0 Å². The van der Waals surface area contributed by atoms with Gasteiger partial charge in [-0.15, -0.1) is 0 Å². The molecule has 2 heterocycles. The number of aromatic nitrogens is 2. The normalized spacial score (nSPS) is 19.9. The van der Waals surface area contributed by atoms with Crippen LogP contribution in [0.3, 0.4) is 0 Å². The fraction of sp³-hybridized carbons (Fsp3) is 0.500. The highest BCUT2D eigenvalue weighted by atomic mass is 19.3. The van der Waals surface area contributed by atoms with Gasteiger partial charge in [0.05, 0.1) is 6.61 Å². The lowest BCUT2D eigenvalue weighted by Crippen LogP contribution is -2.40. The summed E-state index contributed by atoms with van der Waals surface area (Å²) in [5.41, 5.74) is 3.25. The highest BCUT2D eigenvalue weighted by molar-refractivity contribution is 5.51. The molecule has 7 heteroatoms. The zero-order valence-corrected chi connectivity index (χ0v) is 15.3. The summed E-state index contributed by atoms with van der Waals surface area (Å²) >= 11 is 0. The molecule has 1 aromatic carbocycles. The van der Waals surface area contributed by atoms with Gasteiger partial charge in [0, 0.05) is 24.3 Å². The number of nitrogens with zero attached hydrogens (tertiary/aromatic N) is 3. The lowest BCUT2D eigenvalue weighted by molar-refractivity contribution is -0.0501. The molecule has 4 rings (SSSR count). The largest absolute Gasteiger partial charge is 0.435 e. The van der Waals surface area contributed by atoms with E-state index >= 15 is 0 Å². The Labute approximate surface area is 157 Å². The van der Waals surface area contributed by atoms with Gasteiger partial charge in [0.2, 0.25) is 0 Å². The third-order valence-corrected chi connectivity index (χ3v) is 5.09. The Bertz CT molecular complexity index is 816. The molecule has 5 nitrogen and oxygen atoms in total.